The summed E-state index contributed by atoms with van der Waals surface area (Å²) in [7, 11) is 1.44. The van der Waals surface area contributed by atoms with Crippen LogP contribution in [0.25, 0.3) is 11.3 Å². The van der Waals surface area contributed by atoms with Gasteiger partial charge in [-0.05, 0) is 42.7 Å². The number of carbonyl (C=O) groups excluding carboxylic acids is 2. The minimum absolute atomic E-state index is 0.0732. The third-order valence-corrected chi connectivity index (χ3v) is 5.59. The van der Waals surface area contributed by atoms with Gasteiger partial charge in [-0.2, -0.15) is 4.39 Å². The fourth-order valence-electron chi connectivity index (χ4n) is 3.62. The lowest BCUT2D eigenvalue weighted by Gasteiger charge is -2.40. The van der Waals surface area contributed by atoms with Crippen LogP contribution >= 0.6 is 11.6 Å². The van der Waals surface area contributed by atoms with E-state index in [0.717, 1.165) is 12.8 Å². The maximum absolute atomic E-state index is 14.0. The summed E-state index contributed by atoms with van der Waals surface area (Å²) in [5.41, 5.74) is 1.08. The monoisotopic (exact) mass is 430 g/mol. The maximum Gasteiger partial charge on any atom is 0.269 e. The average Bonchev–Trinajstić information content (AvgIpc) is 3.50. The first-order chi connectivity index (χ1) is 14.3. The van der Waals surface area contributed by atoms with Crippen LogP contribution < -0.4 is 5.32 Å². The van der Waals surface area contributed by atoms with Gasteiger partial charge in [0.2, 0.25) is 11.9 Å². The first-order valence-corrected chi connectivity index (χ1v) is 9.86. The standard InChI is InChI=1S/C21H20ClFN4O3/c1-3-19(28)27-11-21(4-5-21)30-10-16(27)13-7-14(25-17(22)8-13)12-6-15(20(29)24-2)26-18(23)9-12/h3,6-9,16H,1,4-5,10-11H2,2H3,(H,24,29)/t16-/m1/s1. The van der Waals surface area contributed by atoms with Gasteiger partial charge < -0.3 is 15.0 Å². The first-order valence-electron chi connectivity index (χ1n) is 9.49. The maximum atomic E-state index is 14.0. The quantitative estimate of drug-likeness (QED) is 0.595. The van der Waals surface area contributed by atoms with Gasteiger partial charge in [0, 0.05) is 18.7 Å². The summed E-state index contributed by atoms with van der Waals surface area (Å²) in [5.74, 6) is -1.52. The minimum atomic E-state index is -0.811. The van der Waals surface area contributed by atoms with E-state index >= 15 is 0 Å². The Labute approximate surface area is 177 Å². The third-order valence-electron chi connectivity index (χ3n) is 5.40. The summed E-state index contributed by atoms with van der Waals surface area (Å²) >= 11 is 6.25. The summed E-state index contributed by atoms with van der Waals surface area (Å²) in [4.78, 5) is 34.0. The largest absolute Gasteiger partial charge is 0.371 e. The molecule has 156 valence electrons. The zero-order valence-corrected chi connectivity index (χ0v) is 17.1. The van der Waals surface area contributed by atoms with E-state index < -0.39 is 11.9 Å². The van der Waals surface area contributed by atoms with E-state index in [4.69, 9.17) is 16.3 Å². The van der Waals surface area contributed by atoms with E-state index in [0.29, 0.717) is 30.0 Å². The lowest BCUT2D eigenvalue weighted by atomic mass is 10.0. The van der Waals surface area contributed by atoms with Crippen molar-refractivity contribution in [1.82, 2.24) is 20.2 Å². The van der Waals surface area contributed by atoms with Crippen LogP contribution in [0.5, 0.6) is 0 Å². The van der Waals surface area contributed by atoms with Crippen molar-refractivity contribution in [3.8, 4) is 11.3 Å². The molecule has 3 heterocycles. The topological polar surface area (TPSA) is 84.4 Å². The molecule has 7 nitrogen and oxygen atoms in total. The van der Waals surface area contributed by atoms with Crippen molar-refractivity contribution in [3.63, 3.8) is 0 Å². The number of halogens is 2. The number of amides is 2. The summed E-state index contributed by atoms with van der Waals surface area (Å²) in [6, 6.07) is 5.61. The molecule has 2 aromatic heterocycles. The van der Waals surface area contributed by atoms with Gasteiger partial charge in [-0.25, -0.2) is 9.97 Å². The van der Waals surface area contributed by atoms with Crippen LogP contribution in [0.1, 0.15) is 34.9 Å². The normalized spacial score (nSPS) is 19.4. The number of hydrogen-bond acceptors (Lipinski definition) is 5. The molecule has 0 bridgehead atoms. The molecule has 1 spiro atoms. The Kier molecular flexibility index (Phi) is 5.29. The predicted molar refractivity (Wildman–Crippen MR) is 108 cm³/mol. The number of rotatable bonds is 4. The smallest absolute Gasteiger partial charge is 0.269 e. The van der Waals surface area contributed by atoms with Crippen LogP contribution in [0.3, 0.4) is 0 Å². The number of aromatic nitrogens is 2. The highest BCUT2D eigenvalue weighted by Crippen LogP contribution is 2.46. The van der Waals surface area contributed by atoms with Crippen LogP contribution in [0.2, 0.25) is 5.15 Å². The van der Waals surface area contributed by atoms with Crippen LogP contribution in [-0.2, 0) is 9.53 Å². The van der Waals surface area contributed by atoms with Crippen LogP contribution in [0.4, 0.5) is 4.39 Å². The van der Waals surface area contributed by atoms with Gasteiger partial charge in [-0.15, -0.1) is 0 Å². The highest BCUT2D eigenvalue weighted by Gasteiger charge is 2.51. The molecule has 9 heteroatoms. The van der Waals surface area contributed by atoms with E-state index in [1.165, 1.54) is 25.3 Å². The van der Waals surface area contributed by atoms with Gasteiger partial charge in [-0.1, -0.05) is 18.2 Å². The van der Waals surface area contributed by atoms with Crippen molar-refractivity contribution in [2.45, 2.75) is 24.5 Å². The Balaban J connectivity index is 1.73. The lowest BCUT2D eigenvalue weighted by molar-refractivity contribution is -0.143. The van der Waals surface area contributed by atoms with E-state index in [2.05, 4.69) is 21.9 Å². The highest BCUT2D eigenvalue weighted by atomic mass is 35.5. The zero-order valence-electron chi connectivity index (χ0n) is 16.3. The second kappa shape index (κ2) is 7.77. The van der Waals surface area contributed by atoms with Gasteiger partial charge in [0.05, 0.1) is 30.5 Å². The SMILES string of the molecule is C=CC(=O)N1CC2(CC2)OC[C@@H]1c1cc(Cl)nc(-c2cc(F)nc(C(=O)NC)c2)c1. The van der Waals surface area contributed by atoms with Crippen molar-refractivity contribution in [1.29, 1.82) is 0 Å². The molecular weight excluding hydrogens is 411 g/mol. The molecule has 0 unspecified atom stereocenters. The number of carbonyl (C=O) groups is 2. The molecule has 1 N–H and O–H groups in total. The molecule has 2 fully saturated rings. The second-order valence-electron chi connectivity index (χ2n) is 7.43. The van der Waals surface area contributed by atoms with Gasteiger partial charge in [0.15, 0.2) is 0 Å². The van der Waals surface area contributed by atoms with Crippen molar-refractivity contribution >= 4 is 23.4 Å². The molecule has 1 saturated carbocycles. The lowest BCUT2D eigenvalue weighted by Crippen LogP contribution is -2.48. The molecule has 1 aliphatic carbocycles. The molecule has 30 heavy (non-hydrogen) atoms. The molecule has 2 aromatic rings. The van der Waals surface area contributed by atoms with Gasteiger partial charge in [0.1, 0.15) is 10.8 Å². The Bertz CT molecular complexity index is 1040. The Hall–Kier alpha value is -2.84. The van der Waals surface area contributed by atoms with E-state index in [1.54, 1.807) is 17.0 Å². The summed E-state index contributed by atoms with van der Waals surface area (Å²) in [6.45, 7) is 4.39. The Morgan fingerprint density at radius 2 is 2.10 bits per heavy atom. The van der Waals surface area contributed by atoms with Crippen LogP contribution in [0, 0.1) is 5.95 Å². The summed E-state index contributed by atoms with van der Waals surface area (Å²) in [6.07, 6.45) is 3.12. The molecule has 1 saturated heterocycles. The fourth-order valence-corrected chi connectivity index (χ4v) is 3.84. The van der Waals surface area contributed by atoms with Crippen molar-refractivity contribution < 1.29 is 18.7 Å². The molecule has 2 aliphatic rings. The number of hydrogen-bond donors (Lipinski definition) is 1. The molecular formula is C21H20ClFN4O3. The molecule has 1 aliphatic heterocycles. The van der Waals surface area contributed by atoms with Crippen molar-refractivity contribution in [3.05, 3.63) is 59.3 Å². The molecule has 0 aromatic carbocycles. The van der Waals surface area contributed by atoms with Crippen LogP contribution in [-0.4, -0.2) is 52.5 Å². The third kappa shape index (κ3) is 3.93. The second-order valence-corrected chi connectivity index (χ2v) is 7.82. The van der Waals surface area contributed by atoms with Crippen LogP contribution in [0.15, 0.2) is 36.9 Å². The average molecular weight is 431 g/mol. The highest BCUT2D eigenvalue weighted by molar-refractivity contribution is 6.29. The molecule has 4 rings (SSSR count). The van der Waals surface area contributed by atoms with E-state index in [9.17, 15) is 14.0 Å². The number of ether oxygens (including phenoxy) is 1. The fraction of sp³-hybridized carbons (Fsp3) is 0.333. The summed E-state index contributed by atoms with van der Waals surface area (Å²) in [5, 5.41) is 2.59. The van der Waals surface area contributed by atoms with Gasteiger partial charge >= 0.3 is 0 Å². The van der Waals surface area contributed by atoms with Crippen molar-refractivity contribution in [2.75, 3.05) is 20.2 Å². The minimum Gasteiger partial charge on any atom is -0.371 e. The van der Waals surface area contributed by atoms with Crippen molar-refractivity contribution in [2.24, 2.45) is 0 Å². The Morgan fingerprint density at radius 1 is 1.33 bits per heavy atom. The number of pyridine rings is 2. The summed E-state index contributed by atoms with van der Waals surface area (Å²) < 4.78 is 20.1. The van der Waals surface area contributed by atoms with Gasteiger partial charge in [0.25, 0.3) is 5.91 Å². The molecule has 0 radical (unpaired) electrons. The number of morpholine rings is 1. The zero-order chi connectivity index (χ0) is 21.5. The predicted octanol–water partition coefficient (Wildman–Crippen LogP) is 2.91. The van der Waals surface area contributed by atoms with E-state index in [-0.39, 0.29) is 28.4 Å². The number of nitrogens with one attached hydrogen (secondary N) is 1. The number of nitrogens with zero attached hydrogens (tertiary/aromatic N) is 3. The van der Waals surface area contributed by atoms with E-state index in [1.807, 2.05) is 0 Å². The molecule has 2 amide bonds. The van der Waals surface area contributed by atoms with Gasteiger partial charge in [-0.3, -0.25) is 9.59 Å². The molecule has 1 atom stereocenters. The first kappa shape index (κ1) is 20.4. The Morgan fingerprint density at radius 3 is 2.77 bits per heavy atom.